The summed E-state index contributed by atoms with van der Waals surface area (Å²) in [7, 11) is 3.33. The number of fused-ring (bicyclic) bond motifs is 5. The number of hydrogen-bond donors (Lipinski definition) is 0. The molecular weight excluding hydrogens is 356 g/mol. The van der Waals surface area contributed by atoms with Gasteiger partial charge in [-0.2, -0.15) is 0 Å². The summed E-state index contributed by atoms with van der Waals surface area (Å²) in [5.74, 6) is 1.46. The van der Waals surface area contributed by atoms with E-state index in [-0.39, 0.29) is 0 Å². The van der Waals surface area contributed by atoms with Gasteiger partial charge in [-0.05, 0) is 61.6 Å². The highest BCUT2D eigenvalue weighted by Crippen LogP contribution is 2.40. The highest BCUT2D eigenvalue weighted by atomic mass is 32.1. The van der Waals surface area contributed by atoms with Crippen LogP contribution in [0.2, 0.25) is 0 Å². The number of aliphatic imine (C=N–C) groups is 1. The second-order valence-corrected chi connectivity index (χ2v) is 8.08. The zero-order valence-electron chi connectivity index (χ0n) is 15.6. The van der Waals surface area contributed by atoms with Gasteiger partial charge in [-0.15, -0.1) is 11.3 Å². The molecule has 2 aromatic heterocycles. The molecule has 0 fully saturated rings. The predicted molar refractivity (Wildman–Crippen MR) is 109 cm³/mol. The number of aryl methyl sites for hydroxylation is 1. The van der Waals surface area contributed by atoms with Crippen molar-refractivity contribution in [2.24, 2.45) is 4.99 Å². The smallest absolute Gasteiger partial charge is 0.161 e. The number of nitrogens with zero attached hydrogens (tertiary/aromatic N) is 2. The normalized spacial score (nSPS) is 15.3. The van der Waals surface area contributed by atoms with E-state index in [1.54, 1.807) is 24.7 Å². The summed E-state index contributed by atoms with van der Waals surface area (Å²) in [6.45, 7) is 0.743. The van der Waals surface area contributed by atoms with Gasteiger partial charge in [-0.25, -0.2) is 0 Å². The number of aromatic nitrogens is 1. The number of benzene rings is 1. The fourth-order valence-corrected chi connectivity index (χ4v) is 5.58. The van der Waals surface area contributed by atoms with Crippen molar-refractivity contribution in [2.75, 3.05) is 14.2 Å². The molecule has 4 nitrogen and oxygen atoms in total. The first-order valence-corrected chi connectivity index (χ1v) is 10.2. The maximum Gasteiger partial charge on any atom is 0.161 e. The Morgan fingerprint density at radius 1 is 1.00 bits per heavy atom. The highest BCUT2D eigenvalue weighted by molar-refractivity contribution is 7.15. The summed E-state index contributed by atoms with van der Waals surface area (Å²) in [4.78, 5) is 6.63. The molecule has 138 valence electrons. The first-order chi connectivity index (χ1) is 13.3. The summed E-state index contributed by atoms with van der Waals surface area (Å²) in [5.41, 5.74) is 6.17. The molecule has 1 aliphatic heterocycles. The van der Waals surface area contributed by atoms with Gasteiger partial charge in [0.05, 0.1) is 32.2 Å². The summed E-state index contributed by atoms with van der Waals surface area (Å²) in [5, 5.41) is 1.35. The van der Waals surface area contributed by atoms with Crippen molar-refractivity contribution < 1.29 is 9.47 Å². The van der Waals surface area contributed by atoms with Crippen LogP contribution in [0.4, 0.5) is 0 Å². The van der Waals surface area contributed by atoms with E-state index in [2.05, 4.69) is 29.0 Å². The molecule has 0 atom stereocenters. The lowest BCUT2D eigenvalue weighted by Gasteiger charge is -2.12. The second-order valence-electron chi connectivity index (χ2n) is 6.99. The van der Waals surface area contributed by atoms with Gasteiger partial charge < -0.3 is 14.0 Å². The summed E-state index contributed by atoms with van der Waals surface area (Å²) in [6, 6.07) is 10.3. The number of ether oxygens (including phenoxy) is 2. The molecule has 0 N–H and O–H groups in total. The van der Waals surface area contributed by atoms with Gasteiger partial charge in [0, 0.05) is 22.2 Å². The molecule has 1 aliphatic carbocycles. The molecule has 5 heteroatoms. The van der Waals surface area contributed by atoms with Crippen molar-refractivity contribution in [1.29, 1.82) is 0 Å². The number of rotatable bonds is 3. The van der Waals surface area contributed by atoms with Gasteiger partial charge in [0.15, 0.2) is 11.5 Å². The van der Waals surface area contributed by atoms with E-state index >= 15 is 0 Å². The van der Waals surface area contributed by atoms with E-state index in [1.165, 1.54) is 36.2 Å². The van der Waals surface area contributed by atoms with Crippen molar-refractivity contribution in [3.05, 3.63) is 63.8 Å². The van der Waals surface area contributed by atoms with Crippen molar-refractivity contribution in [2.45, 2.75) is 32.2 Å². The Bertz CT molecular complexity index is 1040. The zero-order valence-corrected chi connectivity index (χ0v) is 16.4. The molecule has 0 saturated heterocycles. The van der Waals surface area contributed by atoms with Gasteiger partial charge >= 0.3 is 0 Å². The first-order valence-electron chi connectivity index (χ1n) is 9.38. The summed E-state index contributed by atoms with van der Waals surface area (Å²) in [6.07, 6.45) is 7.18. The van der Waals surface area contributed by atoms with Crippen molar-refractivity contribution in [1.82, 2.24) is 4.57 Å². The Balaban J connectivity index is 1.65. The van der Waals surface area contributed by atoms with Crippen LogP contribution in [-0.2, 0) is 19.4 Å². The third-order valence-corrected chi connectivity index (χ3v) is 6.86. The summed E-state index contributed by atoms with van der Waals surface area (Å²) >= 11 is 1.95. The van der Waals surface area contributed by atoms with Crippen LogP contribution in [0.15, 0.2) is 41.5 Å². The first kappa shape index (κ1) is 16.6. The quantitative estimate of drug-likeness (QED) is 0.657. The average Bonchev–Trinajstić information content (AvgIpc) is 3.30. The van der Waals surface area contributed by atoms with Crippen LogP contribution in [0.5, 0.6) is 11.5 Å². The molecular formula is C22H22N2O2S. The van der Waals surface area contributed by atoms with E-state index in [9.17, 15) is 0 Å². The Morgan fingerprint density at radius 2 is 1.85 bits per heavy atom. The van der Waals surface area contributed by atoms with E-state index in [4.69, 9.17) is 14.5 Å². The lowest BCUT2D eigenvalue weighted by Crippen LogP contribution is -2.08. The van der Waals surface area contributed by atoms with Crippen LogP contribution >= 0.6 is 11.3 Å². The van der Waals surface area contributed by atoms with Crippen molar-refractivity contribution in [3.63, 3.8) is 0 Å². The van der Waals surface area contributed by atoms with Gasteiger partial charge in [-0.3, -0.25) is 4.99 Å². The molecule has 1 aromatic carbocycles. The van der Waals surface area contributed by atoms with E-state index in [0.29, 0.717) is 0 Å². The third-order valence-electron chi connectivity index (χ3n) is 5.52. The minimum Gasteiger partial charge on any atom is -0.493 e. The van der Waals surface area contributed by atoms with Crippen LogP contribution in [0.25, 0.3) is 5.00 Å². The molecule has 3 aromatic rings. The largest absolute Gasteiger partial charge is 0.493 e. The summed E-state index contributed by atoms with van der Waals surface area (Å²) < 4.78 is 13.2. The average molecular weight is 378 g/mol. The van der Waals surface area contributed by atoms with Gasteiger partial charge in [-0.1, -0.05) is 0 Å². The third kappa shape index (κ3) is 2.60. The van der Waals surface area contributed by atoms with Gasteiger partial charge in [0.1, 0.15) is 5.00 Å². The second kappa shape index (κ2) is 6.57. The fourth-order valence-electron chi connectivity index (χ4n) is 4.19. The Morgan fingerprint density at radius 3 is 2.70 bits per heavy atom. The van der Waals surface area contributed by atoms with Crippen LogP contribution < -0.4 is 9.47 Å². The van der Waals surface area contributed by atoms with Crippen LogP contribution in [-0.4, -0.2) is 24.5 Å². The van der Waals surface area contributed by atoms with E-state index in [1.807, 2.05) is 23.5 Å². The van der Waals surface area contributed by atoms with Gasteiger partial charge in [0.2, 0.25) is 0 Å². The molecule has 0 saturated carbocycles. The lowest BCUT2D eigenvalue weighted by molar-refractivity contribution is 0.355. The molecule has 3 heterocycles. The maximum absolute atomic E-state index is 5.50. The topological polar surface area (TPSA) is 35.8 Å². The number of methoxy groups -OCH3 is 2. The standard InChI is InChI=1S/C22H22N2O2S/c1-25-18-10-9-14(12-19(18)26-2)21-17-7-5-11-24(17)22-16(13-23-21)15-6-3-4-8-20(15)27-22/h5,7,9-12H,3-4,6,8,13H2,1-2H3. The Kier molecular flexibility index (Phi) is 4.05. The van der Waals surface area contributed by atoms with E-state index in [0.717, 1.165) is 35.0 Å². The zero-order chi connectivity index (χ0) is 18.4. The minimum atomic E-state index is 0.729. The molecule has 0 bridgehead atoms. The molecule has 0 radical (unpaired) electrons. The SMILES string of the molecule is COc1ccc(C2=NCc3c(sc4c3CCCC4)-n3cccc32)cc1OC. The van der Waals surface area contributed by atoms with E-state index < -0.39 is 0 Å². The number of hydrogen-bond acceptors (Lipinski definition) is 4. The Labute approximate surface area is 163 Å². The highest BCUT2D eigenvalue weighted by Gasteiger charge is 2.26. The number of thiophene rings is 1. The lowest BCUT2D eigenvalue weighted by atomic mass is 9.95. The van der Waals surface area contributed by atoms with Crippen molar-refractivity contribution >= 4 is 17.0 Å². The molecule has 0 amide bonds. The van der Waals surface area contributed by atoms with Crippen LogP contribution in [0.1, 0.15) is 40.1 Å². The molecule has 27 heavy (non-hydrogen) atoms. The molecule has 0 spiro atoms. The predicted octanol–water partition coefficient (Wildman–Crippen LogP) is 4.79. The molecule has 2 aliphatic rings. The minimum absolute atomic E-state index is 0.729. The fraction of sp³-hybridized carbons (Fsp3) is 0.318. The monoisotopic (exact) mass is 378 g/mol. The van der Waals surface area contributed by atoms with Crippen LogP contribution in [0.3, 0.4) is 0 Å². The van der Waals surface area contributed by atoms with Gasteiger partial charge in [0.25, 0.3) is 0 Å². The maximum atomic E-state index is 5.50. The van der Waals surface area contributed by atoms with Crippen molar-refractivity contribution in [3.8, 4) is 16.5 Å². The molecule has 5 rings (SSSR count). The molecule has 0 unspecified atom stereocenters. The Hall–Kier alpha value is -2.53. The van der Waals surface area contributed by atoms with Crippen LogP contribution in [0, 0.1) is 0 Å².